The number of rotatable bonds is 5. The molecule has 0 aliphatic carbocycles. The Morgan fingerprint density at radius 3 is 2.53 bits per heavy atom. The molecule has 4 rings (SSSR count). The molecule has 0 saturated heterocycles. The normalized spacial score (nSPS) is 14.1. The van der Waals surface area contributed by atoms with Crippen LogP contribution in [-0.4, -0.2) is 48.7 Å². The molecule has 1 aromatic heterocycles. The Balaban J connectivity index is 1.73. The number of fused-ring (bicyclic) bond motifs is 1. The number of carbonyl (C=O) groups is 1. The van der Waals surface area contributed by atoms with Crippen molar-refractivity contribution < 1.29 is 31.1 Å². The van der Waals surface area contributed by atoms with Crippen LogP contribution in [0.3, 0.4) is 0 Å². The summed E-state index contributed by atoms with van der Waals surface area (Å²) in [5, 5.41) is 0. The monoisotopic (exact) mass is 493 g/mol. The highest BCUT2D eigenvalue weighted by Crippen LogP contribution is 2.34. The van der Waals surface area contributed by atoms with Crippen LogP contribution in [0.15, 0.2) is 48.5 Å². The van der Waals surface area contributed by atoms with Gasteiger partial charge in [-0.15, -0.1) is 0 Å². The van der Waals surface area contributed by atoms with Gasteiger partial charge in [0, 0.05) is 24.9 Å². The lowest BCUT2D eigenvalue weighted by Crippen LogP contribution is -2.38. The lowest BCUT2D eigenvalue weighted by Gasteiger charge is -2.30. The maximum atomic E-state index is 13.1. The zero-order valence-corrected chi connectivity index (χ0v) is 19.3. The largest absolute Gasteiger partial charge is 0.496 e. The van der Waals surface area contributed by atoms with Gasteiger partial charge in [0.05, 0.1) is 41.9 Å². The van der Waals surface area contributed by atoms with Gasteiger partial charge in [0.1, 0.15) is 11.6 Å². The fourth-order valence-corrected chi connectivity index (χ4v) is 4.75. The van der Waals surface area contributed by atoms with E-state index >= 15 is 0 Å². The number of aromatic nitrogens is 2. The summed E-state index contributed by atoms with van der Waals surface area (Å²) < 4.78 is 70.7. The molecule has 7 nitrogen and oxygen atoms in total. The van der Waals surface area contributed by atoms with E-state index < -0.39 is 27.5 Å². The molecule has 11 heteroatoms. The summed E-state index contributed by atoms with van der Waals surface area (Å²) in [7, 11) is -1.92. The molecule has 0 radical (unpaired) electrons. The Hall–Kier alpha value is -3.34. The smallest absolute Gasteiger partial charge is 0.416 e. The molecule has 1 aliphatic heterocycles. The third kappa shape index (κ3) is 4.79. The third-order valence-corrected chi connectivity index (χ3v) is 6.36. The highest BCUT2D eigenvalue weighted by molar-refractivity contribution is 7.89. The number of methoxy groups -OCH3 is 1. The fraction of sp³-hybridized carbons (Fsp3) is 0.304. The molecule has 1 amide bonds. The minimum Gasteiger partial charge on any atom is -0.496 e. The second-order valence-electron chi connectivity index (χ2n) is 8.06. The van der Waals surface area contributed by atoms with Crippen LogP contribution in [-0.2, 0) is 34.9 Å². The summed E-state index contributed by atoms with van der Waals surface area (Å²) in [5.74, 6) is 0.173. The molecular formula is C23H22F3N3O4S. The maximum Gasteiger partial charge on any atom is 0.416 e. The van der Waals surface area contributed by atoms with Gasteiger partial charge in [0.2, 0.25) is 0 Å². The first kappa shape index (κ1) is 23.8. The van der Waals surface area contributed by atoms with Crippen LogP contribution in [0, 0.1) is 0 Å². The standard InChI is InChI=1S/C23H22F3N3O4S/c1-33-20-9-4-3-8-17(20)21-27-18(14-34(2,31)32)19-13-28(10-11-29(19)21)22(30)15-6-5-7-16(12-15)23(24,25)26/h3-9,12H,10-11,13-14H2,1-2H3. The van der Waals surface area contributed by atoms with Gasteiger partial charge in [-0.2, -0.15) is 13.2 Å². The number of halogens is 3. The van der Waals surface area contributed by atoms with Crippen LogP contribution in [0.1, 0.15) is 27.3 Å². The first-order valence-corrected chi connectivity index (χ1v) is 12.4. The molecule has 3 aromatic rings. The minimum absolute atomic E-state index is 0.0160. The zero-order valence-electron chi connectivity index (χ0n) is 18.5. The van der Waals surface area contributed by atoms with Gasteiger partial charge in [0.15, 0.2) is 9.84 Å². The summed E-state index contributed by atoms with van der Waals surface area (Å²) in [4.78, 5) is 19.0. The number of amides is 1. The Kier molecular flexibility index (Phi) is 6.15. The van der Waals surface area contributed by atoms with Crippen molar-refractivity contribution in [2.24, 2.45) is 0 Å². The quantitative estimate of drug-likeness (QED) is 0.541. The lowest BCUT2D eigenvalue weighted by atomic mass is 10.1. The van der Waals surface area contributed by atoms with Crippen LogP contribution in [0.2, 0.25) is 0 Å². The average molecular weight is 494 g/mol. The van der Waals surface area contributed by atoms with E-state index in [2.05, 4.69) is 4.98 Å². The van der Waals surface area contributed by atoms with Crippen molar-refractivity contribution in [3.05, 3.63) is 71.0 Å². The van der Waals surface area contributed by atoms with Gasteiger partial charge < -0.3 is 14.2 Å². The van der Waals surface area contributed by atoms with E-state index in [0.29, 0.717) is 35.1 Å². The Morgan fingerprint density at radius 2 is 1.85 bits per heavy atom. The first-order valence-electron chi connectivity index (χ1n) is 10.3. The SMILES string of the molecule is COc1ccccc1-c1nc(CS(C)(=O)=O)c2n1CCN(C(=O)c1cccc(C(F)(F)F)c1)C2. The summed E-state index contributed by atoms with van der Waals surface area (Å²) in [5.41, 5.74) is 0.501. The second kappa shape index (κ2) is 8.79. The summed E-state index contributed by atoms with van der Waals surface area (Å²) >= 11 is 0. The van der Waals surface area contributed by atoms with E-state index in [9.17, 15) is 26.4 Å². The number of imidazole rings is 1. The van der Waals surface area contributed by atoms with Crippen LogP contribution in [0.25, 0.3) is 11.4 Å². The fourth-order valence-electron chi connectivity index (χ4n) is 4.02. The molecule has 0 N–H and O–H groups in total. The number of para-hydroxylation sites is 1. The minimum atomic E-state index is -4.57. The molecule has 34 heavy (non-hydrogen) atoms. The molecule has 2 heterocycles. The van der Waals surface area contributed by atoms with Crippen LogP contribution in [0.4, 0.5) is 13.2 Å². The van der Waals surface area contributed by atoms with E-state index in [0.717, 1.165) is 18.4 Å². The first-order chi connectivity index (χ1) is 16.0. The molecule has 2 aromatic carbocycles. The molecule has 0 unspecified atom stereocenters. The topological polar surface area (TPSA) is 81.5 Å². The number of nitrogens with zero attached hydrogens (tertiary/aromatic N) is 3. The van der Waals surface area contributed by atoms with E-state index in [4.69, 9.17) is 4.74 Å². The van der Waals surface area contributed by atoms with E-state index in [1.165, 1.54) is 24.1 Å². The third-order valence-electron chi connectivity index (χ3n) is 5.56. The summed E-state index contributed by atoms with van der Waals surface area (Å²) in [6.45, 7) is 0.533. The number of hydrogen-bond donors (Lipinski definition) is 0. The number of sulfone groups is 1. The molecule has 0 saturated carbocycles. The second-order valence-corrected chi connectivity index (χ2v) is 10.2. The highest BCUT2D eigenvalue weighted by Gasteiger charge is 2.33. The number of carbonyl (C=O) groups excluding carboxylic acids is 1. The molecule has 1 aliphatic rings. The molecule has 180 valence electrons. The van der Waals surface area contributed by atoms with Crippen LogP contribution in [0.5, 0.6) is 5.75 Å². The van der Waals surface area contributed by atoms with Gasteiger partial charge in [-0.3, -0.25) is 4.79 Å². The Labute approximate surface area is 194 Å². The number of alkyl halides is 3. The Bertz CT molecular complexity index is 1350. The lowest BCUT2D eigenvalue weighted by molar-refractivity contribution is -0.137. The van der Waals surface area contributed by atoms with Crippen molar-refractivity contribution in [2.75, 3.05) is 19.9 Å². The van der Waals surface area contributed by atoms with E-state index in [1.807, 2.05) is 10.6 Å². The van der Waals surface area contributed by atoms with Gasteiger partial charge in [-0.05, 0) is 30.3 Å². The molecule has 0 fully saturated rings. The number of hydrogen-bond acceptors (Lipinski definition) is 5. The van der Waals surface area contributed by atoms with Crippen molar-refractivity contribution in [1.29, 1.82) is 0 Å². The van der Waals surface area contributed by atoms with Gasteiger partial charge >= 0.3 is 6.18 Å². The van der Waals surface area contributed by atoms with Gasteiger partial charge in [-0.25, -0.2) is 13.4 Å². The zero-order chi connectivity index (χ0) is 24.7. The van der Waals surface area contributed by atoms with Crippen molar-refractivity contribution >= 4 is 15.7 Å². The van der Waals surface area contributed by atoms with Gasteiger partial charge in [-0.1, -0.05) is 18.2 Å². The number of ether oxygens (including phenoxy) is 1. The van der Waals surface area contributed by atoms with E-state index in [-0.39, 0.29) is 24.4 Å². The maximum absolute atomic E-state index is 13.1. The van der Waals surface area contributed by atoms with Crippen molar-refractivity contribution in [3.63, 3.8) is 0 Å². The average Bonchev–Trinajstić information content (AvgIpc) is 3.14. The molecule has 0 atom stereocenters. The molecule has 0 spiro atoms. The predicted octanol–water partition coefficient (Wildman–Crippen LogP) is 3.78. The van der Waals surface area contributed by atoms with E-state index in [1.54, 1.807) is 18.2 Å². The Morgan fingerprint density at radius 1 is 1.12 bits per heavy atom. The van der Waals surface area contributed by atoms with Crippen molar-refractivity contribution in [2.45, 2.75) is 25.0 Å². The van der Waals surface area contributed by atoms with Crippen LogP contribution < -0.4 is 4.74 Å². The molecule has 0 bridgehead atoms. The van der Waals surface area contributed by atoms with Crippen molar-refractivity contribution in [1.82, 2.24) is 14.5 Å². The van der Waals surface area contributed by atoms with Crippen LogP contribution >= 0.6 is 0 Å². The predicted molar refractivity (Wildman–Crippen MR) is 119 cm³/mol. The molecular weight excluding hydrogens is 471 g/mol. The number of benzene rings is 2. The summed E-state index contributed by atoms with van der Waals surface area (Å²) in [6, 6.07) is 11.4. The van der Waals surface area contributed by atoms with Crippen molar-refractivity contribution in [3.8, 4) is 17.1 Å². The van der Waals surface area contributed by atoms with Gasteiger partial charge in [0.25, 0.3) is 5.91 Å². The highest BCUT2D eigenvalue weighted by atomic mass is 32.2. The summed E-state index contributed by atoms with van der Waals surface area (Å²) in [6.07, 6.45) is -3.47.